The fourth-order valence-corrected chi connectivity index (χ4v) is 2.69. The topological polar surface area (TPSA) is 67.4 Å². The molecule has 6 heteroatoms. The summed E-state index contributed by atoms with van der Waals surface area (Å²) in [5.41, 5.74) is 1.51. The number of benzene rings is 3. The lowest BCUT2D eigenvalue weighted by atomic mass is 10.1. The van der Waals surface area contributed by atoms with Crippen LogP contribution in [0.25, 0.3) is 0 Å². The standard InChI is InChI=1S/C22H19FN2O3/c1-28-20-12-5-2-7-17(20)14-24-21(26)15-8-6-9-16(13-15)22(27)25-19-11-4-3-10-18(19)23/h2-13H,14H2,1H3,(H,24,26)(H,25,27). The predicted molar refractivity (Wildman–Crippen MR) is 105 cm³/mol. The van der Waals surface area contributed by atoms with Crippen molar-refractivity contribution in [3.05, 3.63) is 95.3 Å². The van der Waals surface area contributed by atoms with E-state index in [0.717, 1.165) is 5.56 Å². The van der Waals surface area contributed by atoms with Crippen LogP contribution in [0.1, 0.15) is 26.3 Å². The Labute approximate surface area is 162 Å². The van der Waals surface area contributed by atoms with Gasteiger partial charge in [-0.3, -0.25) is 9.59 Å². The number of amides is 2. The summed E-state index contributed by atoms with van der Waals surface area (Å²) < 4.78 is 19.0. The molecule has 142 valence electrons. The lowest BCUT2D eigenvalue weighted by Crippen LogP contribution is -2.23. The van der Waals surface area contributed by atoms with E-state index >= 15 is 0 Å². The Kier molecular flexibility index (Phi) is 6.01. The van der Waals surface area contributed by atoms with E-state index in [9.17, 15) is 14.0 Å². The third-order valence-corrected chi connectivity index (χ3v) is 4.14. The highest BCUT2D eigenvalue weighted by atomic mass is 19.1. The van der Waals surface area contributed by atoms with Crippen molar-refractivity contribution < 1.29 is 18.7 Å². The molecule has 0 saturated heterocycles. The van der Waals surface area contributed by atoms with E-state index in [2.05, 4.69) is 10.6 Å². The van der Waals surface area contributed by atoms with Gasteiger partial charge in [-0.1, -0.05) is 36.4 Å². The van der Waals surface area contributed by atoms with Crippen LogP contribution in [0, 0.1) is 5.82 Å². The Bertz CT molecular complexity index is 1000. The summed E-state index contributed by atoms with van der Waals surface area (Å²) in [6, 6.07) is 19.5. The van der Waals surface area contributed by atoms with E-state index in [1.165, 1.54) is 24.3 Å². The molecule has 0 bridgehead atoms. The fraction of sp³-hybridized carbons (Fsp3) is 0.0909. The van der Waals surface area contributed by atoms with Crippen LogP contribution in [-0.4, -0.2) is 18.9 Å². The van der Waals surface area contributed by atoms with E-state index in [1.54, 1.807) is 31.4 Å². The summed E-state index contributed by atoms with van der Waals surface area (Å²) in [6.07, 6.45) is 0. The van der Waals surface area contributed by atoms with Gasteiger partial charge in [-0.15, -0.1) is 0 Å². The first-order chi connectivity index (χ1) is 13.6. The molecule has 0 heterocycles. The summed E-state index contributed by atoms with van der Waals surface area (Å²) in [4.78, 5) is 24.8. The van der Waals surface area contributed by atoms with Gasteiger partial charge in [0.15, 0.2) is 0 Å². The van der Waals surface area contributed by atoms with Gasteiger partial charge < -0.3 is 15.4 Å². The zero-order valence-electron chi connectivity index (χ0n) is 15.2. The number of nitrogens with one attached hydrogen (secondary N) is 2. The van der Waals surface area contributed by atoms with E-state index in [-0.39, 0.29) is 23.7 Å². The zero-order chi connectivity index (χ0) is 19.9. The molecule has 0 spiro atoms. The Hall–Kier alpha value is -3.67. The third-order valence-electron chi connectivity index (χ3n) is 4.14. The Morgan fingerprint density at radius 1 is 0.893 bits per heavy atom. The molecule has 0 aliphatic rings. The predicted octanol–water partition coefficient (Wildman–Crippen LogP) is 4.02. The van der Waals surface area contributed by atoms with Crippen LogP contribution in [0.15, 0.2) is 72.8 Å². The molecular weight excluding hydrogens is 359 g/mol. The van der Waals surface area contributed by atoms with E-state index in [1.807, 2.05) is 24.3 Å². The van der Waals surface area contributed by atoms with Crippen molar-refractivity contribution in [3.63, 3.8) is 0 Å². The van der Waals surface area contributed by atoms with Crippen LogP contribution in [-0.2, 0) is 6.54 Å². The van der Waals surface area contributed by atoms with E-state index in [4.69, 9.17) is 4.74 Å². The number of hydrogen-bond acceptors (Lipinski definition) is 3. The molecule has 2 N–H and O–H groups in total. The maximum atomic E-state index is 13.7. The first-order valence-electron chi connectivity index (χ1n) is 8.64. The summed E-state index contributed by atoms with van der Waals surface area (Å²) in [7, 11) is 1.57. The maximum absolute atomic E-state index is 13.7. The number of ether oxygens (including phenoxy) is 1. The molecule has 5 nitrogen and oxygen atoms in total. The highest BCUT2D eigenvalue weighted by molar-refractivity contribution is 6.06. The Morgan fingerprint density at radius 2 is 1.57 bits per heavy atom. The first kappa shape index (κ1) is 19.1. The van der Waals surface area contributed by atoms with Gasteiger partial charge in [-0.25, -0.2) is 4.39 Å². The zero-order valence-corrected chi connectivity index (χ0v) is 15.2. The van der Waals surface area contributed by atoms with Crippen molar-refractivity contribution in [1.82, 2.24) is 5.32 Å². The minimum Gasteiger partial charge on any atom is -0.496 e. The van der Waals surface area contributed by atoms with Crippen LogP contribution in [0.2, 0.25) is 0 Å². The van der Waals surface area contributed by atoms with Crippen LogP contribution in [0.3, 0.4) is 0 Å². The van der Waals surface area contributed by atoms with Gasteiger partial charge in [0.25, 0.3) is 11.8 Å². The second-order valence-corrected chi connectivity index (χ2v) is 6.01. The molecule has 0 aromatic heterocycles. The van der Waals surface area contributed by atoms with Crippen molar-refractivity contribution in [1.29, 1.82) is 0 Å². The number of hydrogen-bond donors (Lipinski definition) is 2. The van der Waals surface area contributed by atoms with Gasteiger partial charge in [-0.05, 0) is 36.4 Å². The van der Waals surface area contributed by atoms with Crippen molar-refractivity contribution in [2.24, 2.45) is 0 Å². The molecule has 3 aromatic carbocycles. The molecule has 3 aromatic rings. The minimum atomic E-state index is -0.526. The van der Waals surface area contributed by atoms with E-state index in [0.29, 0.717) is 11.3 Å². The highest BCUT2D eigenvalue weighted by Gasteiger charge is 2.13. The van der Waals surface area contributed by atoms with Crippen LogP contribution in [0.5, 0.6) is 5.75 Å². The molecule has 0 aliphatic carbocycles. The molecule has 0 fully saturated rings. The smallest absolute Gasteiger partial charge is 0.255 e. The highest BCUT2D eigenvalue weighted by Crippen LogP contribution is 2.17. The average molecular weight is 378 g/mol. The van der Waals surface area contributed by atoms with Gasteiger partial charge in [-0.2, -0.15) is 0 Å². The number of para-hydroxylation sites is 2. The van der Waals surface area contributed by atoms with Crippen molar-refractivity contribution >= 4 is 17.5 Å². The van der Waals surface area contributed by atoms with Crippen molar-refractivity contribution in [3.8, 4) is 5.75 Å². The molecule has 2 amide bonds. The number of rotatable bonds is 6. The molecule has 0 atom stereocenters. The van der Waals surface area contributed by atoms with Gasteiger partial charge in [0.2, 0.25) is 0 Å². The van der Waals surface area contributed by atoms with Gasteiger partial charge in [0.05, 0.1) is 12.8 Å². The number of carbonyl (C=O) groups excluding carboxylic acids is 2. The number of carbonyl (C=O) groups is 2. The van der Waals surface area contributed by atoms with Crippen molar-refractivity contribution in [2.45, 2.75) is 6.54 Å². The van der Waals surface area contributed by atoms with Crippen LogP contribution < -0.4 is 15.4 Å². The second kappa shape index (κ2) is 8.81. The maximum Gasteiger partial charge on any atom is 0.255 e. The Balaban J connectivity index is 1.69. The quantitative estimate of drug-likeness (QED) is 0.681. The Morgan fingerprint density at radius 3 is 2.32 bits per heavy atom. The SMILES string of the molecule is COc1ccccc1CNC(=O)c1cccc(C(=O)Nc2ccccc2F)c1. The van der Waals surface area contributed by atoms with E-state index < -0.39 is 11.7 Å². The van der Waals surface area contributed by atoms with Gasteiger partial charge in [0, 0.05) is 23.2 Å². The molecule has 28 heavy (non-hydrogen) atoms. The monoisotopic (exact) mass is 378 g/mol. The summed E-state index contributed by atoms with van der Waals surface area (Å²) in [5, 5.41) is 5.31. The van der Waals surface area contributed by atoms with Crippen molar-refractivity contribution in [2.75, 3.05) is 12.4 Å². The fourth-order valence-electron chi connectivity index (χ4n) is 2.69. The molecule has 0 aliphatic heterocycles. The minimum absolute atomic E-state index is 0.0820. The molecular formula is C22H19FN2O3. The number of anilines is 1. The summed E-state index contributed by atoms with van der Waals surface area (Å²) >= 11 is 0. The largest absolute Gasteiger partial charge is 0.496 e. The third kappa shape index (κ3) is 4.54. The van der Waals surface area contributed by atoms with Crippen LogP contribution >= 0.6 is 0 Å². The molecule has 0 radical (unpaired) electrons. The number of halogens is 1. The second-order valence-electron chi connectivity index (χ2n) is 6.01. The summed E-state index contributed by atoms with van der Waals surface area (Å²) in [5.74, 6) is -0.668. The average Bonchev–Trinajstić information content (AvgIpc) is 2.74. The normalized spacial score (nSPS) is 10.2. The molecule has 0 unspecified atom stereocenters. The molecule has 0 saturated carbocycles. The van der Waals surface area contributed by atoms with Gasteiger partial charge in [0.1, 0.15) is 11.6 Å². The molecule has 3 rings (SSSR count). The summed E-state index contributed by atoms with van der Waals surface area (Å²) in [6.45, 7) is 0.286. The van der Waals surface area contributed by atoms with Crippen LogP contribution in [0.4, 0.5) is 10.1 Å². The number of methoxy groups -OCH3 is 1. The lowest BCUT2D eigenvalue weighted by Gasteiger charge is -2.10. The first-order valence-corrected chi connectivity index (χ1v) is 8.64. The lowest BCUT2D eigenvalue weighted by molar-refractivity contribution is 0.0950. The van der Waals surface area contributed by atoms with Gasteiger partial charge >= 0.3 is 0 Å².